The lowest BCUT2D eigenvalue weighted by molar-refractivity contribution is 0.0935. The molecular weight excluding hydrogens is 316 g/mol. The third kappa shape index (κ3) is 3.68. The largest absolute Gasteiger partial charge is 0.496 e. The number of imidazole rings is 1. The molecule has 0 unspecified atom stereocenters. The van der Waals surface area contributed by atoms with Crippen molar-refractivity contribution in [3.05, 3.63) is 72.4 Å². The Balaban J connectivity index is 1.82. The van der Waals surface area contributed by atoms with Crippen molar-refractivity contribution in [2.45, 2.75) is 19.4 Å². The van der Waals surface area contributed by atoms with Crippen LogP contribution in [0.3, 0.4) is 0 Å². The molecule has 0 aliphatic rings. The van der Waals surface area contributed by atoms with Gasteiger partial charge in [-0.3, -0.25) is 9.36 Å². The van der Waals surface area contributed by atoms with E-state index in [1.807, 2.05) is 31.2 Å². The molecule has 0 fully saturated rings. The molecule has 1 aromatic carbocycles. The van der Waals surface area contributed by atoms with Crippen molar-refractivity contribution in [2.75, 3.05) is 7.11 Å². The van der Waals surface area contributed by atoms with Gasteiger partial charge in [-0.15, -0.1) is 0 Å². The molecular formula is C19H20N4O2. The zero-order chi connectivity index (χ0) is 17.6. The van der Waals surface area contributed by atoms with Crippen LogP contribution < -0.4 is 10.1 Å². The second kappa shape index (κ2) is 7.61. The van der Waals surface area contributed by atoms with Crippen molar-refractivity contribution >= 4 is 5.91 Å². The van der Waals surface area contributed by atoms with E-state index in [0.717, 1.165) is 17.7 Å². The van der Waals surface area contributed by atoms with E-state index in [0.29, 0.717) is 11.4 Å². The van der Waals surface area contributed by atoms with Gasteiger partial charge in [0, 0.05) is 29.7 Å². The minimum Gasteiger partial charge on any atom is -0.496 e. The van der Waals surface area contributed by atoms with Crippen LogP contribution in [-0.2, 0) is 0 Å². The molecule has 0 aliphatic heterocycles. The number of amides is 1. The Bertz CT molecular complexity index is 846. The number of hydrogen-bond acceptors (Lipinski definition) is 4. The molecule has 0 radical (unpaired) electrons. The quantitative estimate of drug-likeness (QED) is 0.751. The lowest BCUT2D eigenvalue weighted by Crippen LogP contribution is -2.28. The minimum atomic E-state index is -0.151. The van der Waals surface area contributed by atoms with E-state index in [1.54, 1.807) is 48.7 Å². The van der Waals surface area contributed by atoms with E-state index in [1.165, 1.54) is 0 Å². The number of aromatic nitrogens is 3. The number of carbonyl (C=O) groups excluding carboxylic acids is 1. The molecule has 1 amide bonds. The first-order valence-electron chi connectivity index (χ1n) is 8.11. The number of nitrogens with one attached hydrogen (secondary N) is 1. The summed E-state index contributed by atoms with van der Waals surface area (Å²) in [5, 5.41) is 3.07. The summed E-state index contributed by atoms with van der Waals surface area (Å²) in [7, 11) is 1.63. The van der Waals surface area contributed by atoms with Gasteiger partial charge in [-0.1, -0.05) is 25.1 Å². The first kappa shape index (κ1) is 16.7. The number of methoxy groups -OCH3 is 1. The Labute approximate surface area is 146 Å². The highest BCUT2D eigenvalue weighted by molar-refractivity contribution is 5.94. The maximum Gasteiger partial charge on any atom is 0.251 e. The van der Waals surface area contributed by atoms with Crippen LogP contribution in [-0.4, -0.2) is 27.6 Å². The minimum absolute atomic E-state index is 0.131. The van der Waals surface area contributed by atoms with Crippen molar-refractivity contribution in [3.8, 4) is 11.6 Å². The van der Waals surface area contributed by atoms with Crippen LogP contribution in [0.25, 0.3) is 5.82 Å². The third-order valence-electron chi connectivity index (χ3n) is 4.00. The Morgan fingerprint density at radius 2 is 2.12 bits per heavy atom. The highest BCUT2D eigenvalue weighted by atomic mass is 16.5. The van der Waals surface area contributed by atoms with Gasteiger partial charge in [0.05, 0.1) is 13.2 Å². The molecule has 25 heavy (non-hydrogen) atoms. The van der Waals surface area contributed by atoms with E-state index < -0.39 is 0 Å². The summed E-state index contributed by atoms with van der Waals surface area (Å²) in [4.78, 5) is 21.0. The van der Waals surface area contributed by atoms with Gasteiger partial charge < -0.3 is 10.1 Å². The van der Waals surface area contributed by atoms with Gasteiger partial charge in [0.1, 0.15) is 17.9 Å². The summed E-state index contributed by atoms with van der Waals surface area (Å²) in [6.45, 7) is 2.03. The molecule has 2 heterocycles. The zero-order valence-electron chi connectivity index (χ0n) is 14.2. The van der Waals surface area contributed by atoms with E-state index >= 15 is 0 Å². The molecule has 0 aliphatic carbocycles. The lowest BCUT2D eigenvalue weighted by atomic mass is 10.0. The Morgan fingerprint density at radius 3 is 2.84 bits per heavy atom. The topological polar surface area (TPSA) is 69.0 Å². The summed E-state index contributed by atoms with van der Waals surface area (Å²) >= 11 is 0. The predicted molar refractivity (Wildman–Crippen MR) is 94.9 cm³/mol. The molecule has 1 atom stereocenters. The number of benzene rings is 1. The van der Waals surface area contributed by atoms with Crippen LogP contribution in [0.15, 0.2) is 61.3 Å². The van der Waals surface area contributed by atoms with Crippen LogP contribution in [0.4, 0.5) is 0 Å². The summed E-state index contributed by atoms with van der Waals surface area (Å²) in [5.41, 5.74) is 1.51. The van der Waals surface area contributed by atoms with Gasteiger partial charge in [-0.25, -0.2) is 9.97 Å². The number of carbonyl (C=O) groups is 1. The van der Waals surface area contributed by atoms with Crippen molar-refractivity contribution < 1.29 is 9.53 Å². The van der Waals surface area contributed by atoms with Gasteiger partial charge in [0.2, 0.25) is 0 Å². The molecule has 6 heteroatoms. The summed E-state index contributed by atoms with van der Waals surface area (Å²) in [6, 6.07) is 11.0. The molecule has 0 spiro atoms. The summed E-state index contributed by atoms with van der Waals surface area (Å²) in [6.07, 6.45) is 7.48. The average molecular weight is 336 g/mol. The second-order valence-electron chi connectivity index (χ2n) is 5.55. The van der Waals surface area contributed by atoms with E-state index in [4.69, 9.17) is 4.74 Å². The van der Waals surface area contributed by atoms with Crippen molar-refractivity contribution in [1.82, 2.24) is 19.9 Å². The number of nitrogens with zero attached hydrogens (tertiary/aromatic N) is 3. The van der Waals surface area contributed by atoms with E-state index in [9.17, 15) is 4.79 Å². The fourth-order valence-corrected chi connectivity index (χ4v) is 2.69. The number of para-hydroxylation sites is 1. The van der Waals surface area contributed by atoms with Crippen LogP contribution >= 0.6 is 0 Å². The Hall–Kier alpha value is -3.15. The predicted octanol–water partition coefficient (Wildman–Crippen LogP) is 3.16. The second-order valence-corrected chi connectivity index (χ2v) is 5.55. The Morgan fingerprint density at radius 1 is 1.28 bits per heavy atom. The Kier molecular flexibility index (Phi) is 5.09. The van der Waals surface area contributed by atoms with Crippen LogP contribution in [0.1, 0.15) is 35.3 Å². The standard InChI is InChI=1S/C19H20N4O2/c1-3-16(15-6-4-5-7-17(15)25-2)22-19(24)14-8-9-21-18(12-14)23-11-10-20-13-23/h4-13,16H,3H2,1-2H3,(H,22,24)/t16-/m1/s1. The number of rotatable bonds is 6. The highest BCUT2D eigenvalue weighted by Gasteiger charge is 2.18. The number of ether oxygens (including phenoxy) is 1. The molecule has 1 N–H and O–H groups in total. The molecule has 0 bridgehead atoms. The van der Waals surface area contributed by atoms with Gasteiger partial charge in [0.15, 0.2) is 0 Å². The maximum atomic E-state index is 12.7. The number of hydrogen-bond donors (Lipinski definition) is 1. The molecule has 3 rings (SSSR count). The van der Waals surface area contributed by atoms with Crippen molar-refractivity contribution in [2.24, 2.45) is 0 Å². The average Bonchev–Trinajstić information content (AvgIpc) is 3.21. The van der Waals surface area contributed by atoms with Crippen molar-refractivity contribution in [3.63, 3.8) is 0 Å². The zero-order valence-corrected chi connectivity index (χ0v) is 14.2. The smallest absolute Gasteiger partial charge is 0.251 e. The summed E-state index contributed by atoms with van der Waals surface area (Å²) in [5.74, 6) is 1.26. The monoisotopic (exact) mass is 336 g/mol. The fraction of sp³-hybridized carbons (Fsp3) is 0.211. The van der Waals surface area contributed by atoms with Crippen LogP contribution in [0, 0.1) is 0 Å². The van der Waals surface area contributed by atoms with Gasteiger partial charge in [0.25, 0.3) is 5.91 Å². The normalized spacial score (nSPS) is 11.8. The molecule has 128 valence electrons. The van der Waals surface area contributed by atoms with Crippen molar-refractivity contribution in [1.29, 1.82) is 0 Å². The third-order valence-corrected chi connectivity index (χ3v) is 4.00. The molecule has 6 nitrogen and oxygen atoms in total. The molecule has 2 aromatic heterocycles. The molecule has 0 saturated carbocycles. The van der Waals surface area contributed by atoms with E-state index in [2.05, 4.69) is 15.3 Å². The molecule has 0 saturated heterocycles. The first-order valence-corrected chi connectivity index (χ1v) is 8.11. The lowest BCUT2D eigenvalue weighted by Gasteiger charge is -2.20. The number of pyridine rings is 1. The molecule has 3 aromatic rings. The highest BCUT2D eigenvalue weighted by Crippen LogP contribution is 2.27. The van der Waals surface area contributed by atoms with Crippen LogP contribution in [0.2, 0.25) is 0 Å². The first-order chi connectivity index (χ1) is 12.2. The fourth-order valence-electron chi connectivity index (χ4n) is 2.69. The van der Waals surface area contributed by atoms with Gasteiger partial charge in [-0.05, 0) is 24.6 Å². The SMILES string of the molecule is CC[C@@H](NC(=O)c1ccnc(-n2ccnc2)c1)c1ccccc1OC. The van der Waals surface area contributed by atoms with Gasteiger partial charge >= 0.3 is 0 Å². The van der Waals surface area contributed by atoms with E-state index in [-0.39, 0.29) is 11.9 Å². The van der Waals surface area contributed by atoms with Gasteiger partial charge in [-0.2, -0.15) is 0 Å². The summed E-state index contributed by atoms with van der Waals surface area (Å²) < 4.78 is 7.17. The van der Waals surface area contributed by atoms with Crippen LogP contribution in [0.5, 0.6) is 5.75 Å². The maximum absolute atomic E-state index is 12.7.